The Hall–Kier alpha value is -1.92. The van der Waals surface area contributed by atoms with Crippen LogP contribution < -0.4 is 5.32 Å². The maximum Gasteiger partial charge on any atom is 0.307 e. The third kappa shape index (κ3) is 5.04. The number of amides is 1. The topological polar surface area (TPSA) is 68.3 Å². The minimum atomic E-state index is -0.514. The predicted molar refractivity (Wildman–Crippen MR) is 90.2 cm³/mol. The van der Waals surface area contributed by atoms with E-state index in [4.69, 9.17) is 16.3 Å². The van der Waals surface area contributed by atoms with E-state index >= 15 is 0 Å². The van der Waals surface area contributed by atoms with E-state index in [9.17, 15) is 9.59 Å². The fourth-order valence-electron chi connectivity index (χ4n) is 2.01. The smallest absolute Gasteiger partial charge is 0.307 e. The second-order valence-corrected chi connectivity index (χ2v) is 6.03. The Balaban J connectivity index is 2.23. The first kappa shape index (κ1) is 17.4. The third-order valence-corrected chi connectivity index (χ3v) is 3.84. The molecule has 0 saturated carbocycles. The third-order valence-electron chi connectivity index (χ3n) is 3.14. The lowest BCUT2D eigenvalue weighted by Gasteiger charge is -2.18. The van der Waals surface area contributed by atoms with Crippen molar-refractivity contribution in [2.24, 2.45) is 0 Å². The summed E-state index contributed by atoms with van der Waals surface area (Å²) in [5, 5.41) is 3.05. The van der Waals surface area contributed by atoms with Crippen molar-refractivity contribution in [2.75, 3.05) is 7.11 Å². The average Bonchev–Trinajstić information content (AvgIpc) is 2.54. The first-order valence-corrected chi connectivity index (χ1v) is 7.91. The molecule has 1 N–H and O–H groups in total. The van der Waals surface area contributed by atoms with Crippen LogP contribution in [-0.4, -0.2) is 24.0 Å². The van der Waals surface area contributed by atoms with Gasteiger partial charge in [-0.2, -0.15) is 0 Å². The van der Waals surface area contributed by atoms with Crippen molar-refractivity contribution in [3.05, 3.63) is 63.3 Å². The molecule has 0 bridgehead atoms. The number of carbonyl (C=O) groups is 2. The highest BCUT2D eigenvalue weighted by Gasteiger charge is 2.20. The number of ether oxygens (including phenoxy) is 1. The Morgan fingerprint density at radius 1 is 1.35 bits per heavy atom. The van der Waals surface area contributed by atoms with Crippen molar-refractivity contribution >= 4 is 39.4 Å². The highest BCUT2D eigenvalue weighted by molar-refractivity contribution is 9.10. The van der Waals surface area contributed by atoms with Gasteiger partial charge in [0.05, 0.1) is 19.6 Å². The minimum Gasteiger partial charge on any atom is -0.469 e. The zero-order chi connectivity index (χ0) is 16.8. The van der Waals surface area contributed by atoms with Crippen molar-refractivity contribution in [2.45, 2.75) is 12.5 Å². The lowest BCUT2D eigenvalue weighted by molar-refractivity contribution is -0.141. The average molecular weight is 398 g/mol. The number of halogens is 2. The van der Waals surface area contributed by atoms with Crippen molar-refractivity contribution < 1.29 is 14.3 Å². The van der Waals surface area contributed by atoms with Crippen LogP contribution in [0.4, 0.5) is 0 Å². The summed E-state index contributed by atoms with van der Waals surface area (Å²) < 4.78 is 5.56. The Morgan fingerprint density at radius 2 is 2.13 bits per heavy atom. The second kappa shape index (κ2) is 8.08. The Labute approximate surface area is 147 Å². The predicted octanol–water partition coefficient (Wildman–Crippen LogP) is 3.53. The van der Waals surface area contributed by atoms with E-state index in [1.54, 1.807) is 6.07 Å². The fourth-order valence-corrected chi connectivity index (χ4v) is 2.60. The maximum atomic E-state index is 12.4. The van der Waals surface area contributed by atoms with Crippen LogP contribution in [0.1, 0.15) is 28.4 Å². The number of rotatable bonds is 5. The Kier molecular flexibility index (Phi) is 6.12. The summed E-state index contributed by atoms with van der Waals surface area (Å²) in [5.41, 5.74) is 1.16. The fraction of sp³-hybridized carbons (Fsp3) is 0.188. The Bertz CT molecular complexity index is 724. The van der Waals surface area contributed by atoms with Crippen LogP contribution in [0.2, 0.25) is 5.15 Å². The number of hydrogen-bond acceptors (Lipinski definition) is 4. The first-order valence-electron chi connectivity index (χ1n) is 6.74. The van der Waals surface area contributed by atoms with Gasteiger partial charge in [-0.1, -0.05) is 39.7 Å². The number of carbonyl (C=O) groups excluding carboxylic acids is 2. The molecule has 0 aliphatic carbocycles. The van der Waals surface area contributed by atoms with Crippen LogP contribution in [0.25, 0.3) is 0 Å². The van der Waals surface area contributed by atoms with Crippen molar-refractivity contribution in [3.8, 4) is 0 Å². The van der Waals surface area contributed by atoms with Gasteiger partial charge in [-0.3, -0.25) is 9.59 Å². The second-order valence-electron chi connectivity index (χ2n) is 4.73. The number of benzene rings is 1. The van der Waals surface area contributed by atoms with Crippen molar-refractivity contribution in [3.63, 3.8) is 0 Å². The summed E-state index contributed by atoms with van der Waals surface area (Å²) >= 11 is 9.18. The molecule has 0 aliphatic heterocycles. The molecule has 1 heterocycles. The van der Waals surface area contributed by atoms with E-state index < -0.39 is 12.0 Å². The largest absolute Gasteiger partial charge is 0.469 e. The van der Waals surface area contributed by atoms with E-state index in [0.29, 0.717) is 5.56 Å². The summed E-state index contributed by atoms with van der Waals surface area (Å²) in [4.78, 5) is 27.8. The summed E-state index contributed by atoms with van der Waals surface area (Å²) in [6, 6.07) is 9.87. The SMILES string of the molecule is COC(=O)CC(NC(=O)c1ccnc(Cl)c1)c1cccc(Br)c1. The van der Waals surface area contributed by atoms with Crippen LogP contribution in [0.15, 0.2) is 47.1 Å². The number of nitrogens with zero attached hydrogens (tertiary/aromatic N) is 1. The lowest BCUT2D eigenvalue weighted by Crippen LogP contribution is -2.30. The molecule has 0 spiro atoms. The van der Waals surface area contributed by atoms with Crippen LogP contribution in [0.5, 0.6) is 0 Å². The molecule has 23 heavy (non-hydrogen) atoms. The van der Waals surface area contributed by atoms with Crippen LogP contribution in [0, 0.1) is 0 Å². The van der Waals surface area contributed by atoms with E-state index in [1.165, 1.54) is 19.4 Å². The molecular formula is C16H14BrClN2O3. The zero-order valence-corrected chi connectivity index (χ0v) is 14.6. The normalized spacial score (nSPS) is 11.6. The summed E-state index contributed by atoms with van der Waals surface area (Å²) in [6.07, 6.45) is 1.48. The molecule has 1 atom stereocenters. The monoisotopic (exact) mass is 396 g/mol. The standard InChI is InChI=1S/C16H14BrClN2O3/c1-23-15(21)9-13(10-3-2-4-12(17)7-10)20-16(22)11-5-6-19-14(18)8-11/h2-8,13H,9H2,1H3,(H,20,22). The van der Waals surface area contributed by atoms with Gasteiger partial charge in [-0.25, -0.2) is 4.98 Å². The molecule has 1 aromatic carbocycles. The van der Waals surface area contributed by atoms with Gasteiger partial charge in [-0.15, -0.1) is 0 Å². The molecule has 0 saturated heterocycles. The molecule has 1 unspecified atom stereocenters. The van der Waals surface area contributed by atoms with Crippen molar-refractivity contribution in [1.29, 1.82) is 0 Å². The van der Waals surface area contributed by atoms with Crippen molar-refractivity contribution in [1.82, 2.24) is 10.3 Å². The summed E-state index contributed by atoms with van der Waals surface area (Å²) in [6.45, 7) is 0. The number of nitrogens with one attached hydrogen (secondary N) is 1. The quantitative estimate of drug-likeness (QED) is 0.619. The number of methoxy groups -OCH3 is 1. The van der Waals surface area contributed by atoms with Gasteiger partial charge in [0, 0.05) is 16.2 Å². The molecule has 2 aromatic rings. The molecule has 2 rings (SSSR count). The molecule has 0 fully saturated rings. The van der Waals surface area contributed by atoms with Gasteiger partial charge in [0.1, 0.15) is 5.15 Å². The number of pyridine rings is 1. The van der Waals surface area contributed by atoms with Crippen LogP contribution in [0.3, 0.4) is 0 Å². The molecule has 1 amide bonds. The van der Waals surface area contributed by atoms with E-state index in [2.05, 4.69) is 26.2 Å². The highest BCUT2D eigenvalue weighted by atomic mass is 79.9. The molecule has 0 radical (unpaired) electrons. The molecule has 120 valence electrons. The molecule has 7 heteroatoms. The van der Waals surface area contributed by atoms with Gasteiger partial charge >= 0.3 is 5.97 Å². The molecule has 1 aromatic heterocycles. The summed E-state index contributed by atoms with van der Waals surface area (Å²) in [5.74, 6) is -0.758. The number of hydrogen-bond donors (Lipinski definition) is 1. The van der Waals surface area contributed by atoms with E-state index in [0.717, 1.165) is 10.0 Å². The van der Waals surface area contributed by atoms with E-state index in [-0.39, 0.29) is 17.5 Å². The van der Waals surface area contributed by atoms with Crippen LogP contribution >= 0.6 is 27.5 Å². The minimum absolute atomic E-state index is 0.0253. The van der Waals surface area contributed by atoms with Gasteiger partial charge in [0.2, 0.25) is 0 Å². The van der Waals surface area contributed by atoms with Crippen LogP contribution in [-0.2, 0) is 9.53 Å². The number of esters is 1. The summed E-state index contributed by atoms with van der Waals surface area (Å²) in [7, 11) is 1.31. The molecular weight excluding hydrogens is 384 g/mol. The van der Waals surface area contributed by atoms with Gasteiger partial charge in [0.25, 0.3) is 5.91 Å². The van der Waals surface area contributed by atoms with Gasteiger partial charge < -0.3 is 10.1 Å². The first-order chi connectivity index (χ1) is 11.0. The molecule has 0 aliphatic rings. The van der Waals surface area contributed by atoms with Gasteiger partial charge in [0.15, 0.2) is 0 Å². The Morgan fingerprint density at radius 3 is 2.78 bits per heavy atom. The zero-order valence-electron chi connectivity index (χ0n) is 12.3. The number of aromatic nitrogens is 1. The van der Waals surface area contributed by atoms with E-state index in [1.807, 2.05) is 24.3 Å². The highest BCUT2D eigenvalue weighted by Crippen LogP contribution is 2.22. The maximum absolute atomic E-state index is 12.4. The van der Waals surface area contributed by atoms with Gasteiger partial charge in [-0.05, 0) is 29.8 Å². The lowest BCUT2D eigenvalue weighted by atomic mass is 10.0. The molecule has 5 nitrogen and oxygen atoms in total.